The second-order valence-corrected chi connectivity index (χ2v) is 4.75. The molecule has 1 atom stereocenters. The van der Waals surface area contributed by atoms with Crippen molar-refractivity contribution in [2.75, 3.05) is 13.7 Å². The number of methoxy groups -OCH3 is 1. The number of benzene rings is 1. The van der Waals surface area contributed by atoms with E-state index in [4.69, 9.17) is 9.47 Å². The minimum absolute atomic E-state index is 0.0639. The van der Waals surface area contributed by atoms with Gasteiger partial charge in [0.05, 0.1) is 6.61 Å². The zero-order valence-corrected chi connectivity index (χ0v) is 12.0. The minimum Gasteiger partial charge on any atom is -0.488 e. The fraction of sp³-hybridized carbons (Fsp3) is 0.455. The first-order chi connectivity index (χ1) is 7.17. The Balaban J connectivity index is 2.75. The van der Waals surface area contributed by atoms with Crippen molar-refractivity contribution < 1.29 is 9.47 Å². The summed E-state index contributed by atoms with van der Waals surface area (Å²) >= 11 is 6.87. The standard InChI is InChI=1S/C11H14Br2O2/c1-8(7-14-2)15-11-4-3-10(13)5-9(11)6-12/h3-5,8H,6-7H2,1-2H3. The Kier molecular flexibility index (Phi) is 5.64. The average Bonchev–Trinajstić information content (AvgIpc) is 2.21. The predicted octanol–water partition coefficient (Wildman–Crippen LogP) is 3.76. The topological polar surface area (TPSA) is 18.5 Å². The third-order valence-corrected chi connectivity index (χ3v) is 2.99. The van der Waals surface area contributed by atoms with E-state index in [0.29, 0.717) is 6.61 Å². The molecule has 0 spiro atoms. The maximum atomic E-state index is 5.76. The number of hydrogen-bond acceptors (Lipinski definition) is 2. The summed E-state index contributed by atoms with van der Waals surface area (Å²) in [5.41, 5.74) is 1.13. The number of ether oxygens (including phenoxy) is 2. The largest absolute Gasteiger partial charge is 0.488 e. The van der Waals surface area contributed by atoms with Gasteiger partial charge in [-0.05, 0) is 25.1 Å². The van der Waals surface area contributed by atoms with Crippen molar-refractivity contribution in [3.05, 3.63) is 28.2 Å². The molecule has 15 heavy (non-hydrogen) atoms. The van der Waals surface area contributed by atoms with E-state index < -0.39 is 0 Å². The molecular weight excluding hydrogens is 324 g/mol. The number of alkyl halides is 1. The third-order valence-electron chi connectivity index (χ3n) is 1.90. The van der Waals surface area contributed by atoms with Crippen LogP contribution in [0, 0.1) is 0 Å². The first-order valence-corrected chi connectivity index (χ1v) is 6.58. The lowest BCUT2D eigenvalue weighted by atomic mass is 10.2. The summed E-state index contributed by atoms with van der Waals surface area (Å²) < 4.78 is 11.8. The fourth-order valence-electron chi connectivity index (χ4n) is 1.25. The van der Waals surface area contributed by atoms with Gasteiger partial charge in [0.1, 0.15) is 11.9 Å². The molecule has 0 bridgehead atoms. The molecule has 0 heterocycles. The first kappa shape index (κ1) is 13.0. The van der Waals surface area contributed by atoms with E-state index in [2.05, 4.69) is 31.9 Å². The maximum Gasteiger partial charge on any atom is 0.123 e. The molecule has 1 unspecified atom stereocenters. The van der Waals surface area contributed by atoms with Gasteiger partial charge in [0.15, 0.2) is 0 Å². The van der Waals surface area contributed by atoms with Gasteiger partial charge in [-0.15, -0.1) is 0 Å². The summed E-state index contributed by atoms with van der Waals surface area (Å²) in [6.07, 6.45) is 0.0639. The molecular formula is C11H14Br2O2. The molecule has 0 N–H and O–H groups in total. The van der Waals surface area contributed by atoms with Gasteiger partial charge < -0.3 is 9.47 Å². The van der Waals surface area contributed by atoms with Crippen LogP contribution in [0.3, 0.4) is 0 Å². The zero-order valence-electron chi connectivity index (χ0n) is 8.80. The van der Waals surface area contributed by atoms with Gasteiger partial charge in [0.25, 0.3) is 0 Å². The molecule has 0 aliphatic carbocycles. The normalized spacial score (nSPS) is 12.5. The predicted molar refractivity (Wildman–Crippen MR) is 68.7 cm³/mol. The van der Waals surface area contributed by atoms with Gasteiger partial charge >= 0.3 is 0 Å². The second-order valence-electron chi connectivity index (χ2n) is 3.27. The highest BCUT2D eigenvalue weighted by atomic mass is 79.9. The van der Waals surface area contributed by atoms with Crippen LogP contribution in [-0.4, -0.2) is 19.8 Å². The number of halogens is 2. The second kappa shape index (κ2) is 6.51. The Bertz CT molecular complexity index is 315. The molecule has 1 aromatic rings. The highest BCUT2D eigenvalue weighted by molar-refractivity contribution is 9.10. The molecule has 4 heteroatoms. The Morgan fingerprint density at radius 3 is 2.73 bits per heavy atom. The summed E-state index contributed by atoms with van der Waals surface area (Å²) in [5, 5.41) is 0.779. The van der Waals surface area contributed by atoms with E-state index in [9.17, 15) is 0 Å². The molecule has 0 radical (unpaired) electrons. The lowest BCUT2D eigenvalue weighted by Crippen LogP contribution is -2.18. The molecule has 0 amide bonds. The van der Waals surface area contributed by atoms with Gasteiger partial charge in [0, 0.05) is 22.5 Å². The average molecular weight is 338 g/mol. The quantitative estimate of drug-likeness (QED) is 0.762. The van der Waals surface area contributed by atoms with Crippen molar-refractivity contribution in [1.29, 1.82) is 0 Å². The minimum atomic E-state index is 0.0639. The van der Waals surface area contributed by atoms with Crippen LogP contribution in [0.5, 0.6) is 5.75 Å². The smallest absolute Gasteiger partial charge is 0.123 e. The van der Waals surface area contributed by atoms with Crippen molar-refractivity contribution >= 4 is 31.9 Å². The summed E-state index contributed by atoms with van der Waals surface area (Å²) in [5.74, 6) is 0.902. The van der Waals surface area contributed by atoms with Crippen molar-refractivity contribution in [2.24, 2.45) is 0 Å². The van der Waals surface area contributed by atoms with Gasteiger partial charge in [-0.3, -0.25) is 0 Å². The van der Waals surface area contributed by atoms with E-state index in [-0.39, 0.29) is 6.10 Å². The van der Waals surface area contributed by atoms with Crippen LogP contribution in [0.25, 0.3) is 0 Å². The molecule has 0 aliphatic rings. The van der Waals surface area contributed by atoms with Gasteiger partial charge in [0.2, 0.25) is 0 Å². The fourth-order valence-corrected chi connectivity index (χ4v) is 2.10. The Morgan fingerprint density at radius 2 is 2.13 bits per heavy atom. The Hall–Kier alpha value is -0.0600. The summed E-state index contributed by atoms with van der Waals surface area (Å²) in [7, 11) is 1.67. The first-order valence-electron chi connectivity index (χ1n) is 4.67. The highest BCUT2D eigenvalue weighted by Crippen LogP contribution is 2.26. The molecule has 0 saturated carbocycles. The molecule has 2 nitrogen and oxygen atoms in total. The van der Waals surface area contributed by atoms with Crippen molar-refractivity contribution in [2.45, 2.75) is 18.4 Å². The maximum absolute atomic E-state index is 5.76. The molecule has 84 valence electrons. The zero-order chi connectivity index (χ0) is 11.3. The monoisotopic (exact) mass is 336 g/mol. The van der Waals surface area contributed by atoms with Crippen molar-refractivity contribution in [3.8, 4) is 5.75 Å². The highest BCUT2D eigenvalue weighted by Gasteiger charge is 2.07. The van der Waals surface area contributed by atoms with Gasteiger partial charge in [-0.1, -0.05) is 31.9 Å². The molecule has 0 aliphatic heterocycles. The van der Waals surface area contributed by atoms with Crippen molar-refractivity contribution in [1.82, 2.24) is 0 Å². The lowest BCUT2D eigenvalue weighted by Gasteiger charge is -2.16. The number of hydrogen-bond donors (Lipinski definition) is 0. The molecule has 1 aromatic carbocycles. The van der Waals surface area contributed by atoms with Crippen molar-refractivity contribution in [3.63, 3.8) is 0 Å². The van der Waals surface area contributed by atoms with Gasteiger partial charge in [-0.2, -0.15) is 0 Å². The third kappa shape index (κ3) is 4.13. The van der Waals surface area contributed by atoms with E-state index in [1.54, 1.807) is 7.11 Å². The molecule has 0 saturated heterocycles. The van der Waals surface area contributed by atoms with Crippen LogP contribution in [0.4, 0.5) is 0 Å². The number of rotatable bonds is 5. The van der Waals surface area contributed by atoms with E-state index in [1.165, 1.54) is 0 Å². The van der Waals surface area contributed by atoms with Crippen LogP contribution < -0.4 is 4.74 Å². The SMILES string of the molecule is COCC(C)Oc1ccc(Br)cc1CBr. The van der Waals surface area contributed by atoms with Crippen LogP contribution in [0.1, 0.15) is 12.5 Å². The van der Waals surface area contributed by atoms with E-state index in [0.717, 1.165) is 21.1 Å². The summed E-state index contributed by atoms with van der Waals surface area (Å²) in [4.78, 5) is 0. The Morgan fingerprint density at radius 1 is 1.40 bits per heavy atom. The summed E-state index contributed by atoms with van der Waals surface area (Å²) in [6.45, 7) is 2.58. The van der Waals surface area contributed by atoms with Crippen LogP contribution in [0.2, 0.25) is 0 Å². The van der Waals surface area contributed by atoms with Crippen LogP contribution in [-0.2, 0) is 10.1 Å². The lowest BCUT2D eigenvalue weighted by molar-refractivity contribution is 0.0916. The molecule has 0 fully saturated rings. The molecule has 0 aromatic heterocycles. The van der Waals surface area contributed by atoms with Crippen LogP contribution >= 0.6 is 31.9 Å². The Labute approximate surface area is 107 Å². The van der Waals surface area contributed by atoms with Gasteiger partial charge in [-0.25, -0.2) is 0 Å². The van der Waals surface area contributed by atoms with Crippen LogP contribution in [0.15, 0.2) is 22.7 Å². The summed E-state index contributed by atoms with van der Waals surface area (Å²) in [6, 6.07) is 5.98. The molecule has 1 rings (SSSR count). The van der Waals surface area contributed by atoms with E-state index in [1.807, 2.05) is 25.1 Å². The van der Waals surface area contributed by atoms with E-state index >= 15 is 0 Å².